The Kier molecular flexibility index (Phi) is 0.856. The Balaban J connectivity index is 3.05. The predicted octanol–water partition coefficient (Wildman–Crippen LogP) is 0.545. The highest BCUT2D eigenvalue weighted by atomic mass is 32.2. The first-order chi connectivity index (χ1) is 2.89. The molecule has 1 rings (SSSR count). The Morgan fingerprint density at radius 2 is 2.50 bits per heavy atom. The minimum atomic E-state index is -0.145. The molecule has 1 atom stereocenters. The lowest BCUT2D eigenvalue weighted by Crippen LogP contribution is -1.70. The first kappa shape index (κ1) is 3.77. The van der Waals surface area contributed by atoms with Crippen LogP contribution in [0.1, 0.15) is 0 Å². The average molecular weight is 101 g/mol. The van der Waals surface area contributed by atoms with Crippen molar-refractivity contribution in [2.45, 2.75) is 0 Å². The molecule has 0 aliphatic rings. The maximum atomic E-state index is 5.33. The Labute approximate surface area is 38.7 Å². The predicted molar refractivity (Wildman–Crippen MR) is 26.9 cm³/mol. The molecule has 1 unspecified atom stereocenters. The van der Waals surface area contributed by atoms with Crippen molar-refractivity contribution >= 4 is 10.7 Å². The summed E-state index contributed by atoms with van der Waals surface area (Å²) in [5.74, 6) is 0. The van der Waals surface area contributed by atoms with Gasteiger partial charge < -0.3 is 0 Å². The second-order valence-electron chi connectivity index (χ2n) is 0.948. The number of hydrogen-bond donors (Lipinski definition) is 1. The van der Waals surface area contributed by atoms with E-state index in [0.717, 1.165) is 0 Å². The van der Waals surface area contributed by atoms with E-state index >= 15 is 0 Å². The maximum absolute atomic E-state index is 5.33. The van der Waals surface area contributed by atoms with Gasteiger partial charge in [0.25, 0.3) is 5.51 Å². The van der Waals surface area contributed by atoms with Gasteiger partial charge in [-0.25, -0.2) is 4.98 Å². The fraction of sp³-hybridized carbons (Fsp3) is 0. The zero-order valence-corrected chi connectivity index (χ0v) is 3.98. The number of nitrogens with two attached hydrogens (primary N) is 1. The van der Waals surface area contributed by atoms with Crippen LogP contribution in [-0.2, 0) is 0 Å². The van der Waals surface area contributed by atoms with Gasteiger partial charge in [0.2, 0.25) is 0 Å². The summed E-state index contributed by atoms with van der Waals surface area (Å²) >= 11 is 0. The second kappa shape index (κ2) is 1.36. The molecule has 2 N–H and O–H groups in total. The standard InChI is InChI=1S/C3H5N2S/c4-6-2-1-5-3-6/h1-3H,4H2/q+1. The number of rotatable bonds is 0. The Morgan fingerprint density at radius 3 is 2.67 bits per heavy atom. The summed E-state index contributed by atoms with van der Waals surface area (Å²) in [6, 6.07) is 0. The summed E-state index contributed by atoms with van der Waals surface area (Å²) in [7, 11) is -0.145. The van der Waals surface area contributed by atoms with Crippen LogP contribution in [0.15, 0.2) is 17.1 Å². The van der Waals surface area contributed by atoms with Crippen LogP contribution in [0, 0.1) is 0 Å². The molecular formula is C3H5N2S+. The van der Waals surface area contributed by atoms with E-state index in [-0.39, 0.29) is 10.7 Å². The molecule has 2 nitrogen and oxygen atoms in total. The molecule has 32 valence electrons. The summed E-state index contributed by atoms with van der Waals surface area (Å²) < 4.78 is 0. The van der Waals surface area contributed by atoms with E-state index in [1.165, 1.54) is 0 Å². The van der Waals surface area contributed by atoms with Gasteiger partial charge in [-0.15, -0.1) is 5.14 Å². The van der Waals surface area contributed by atoms with E-state index in [1.807, 2.05) is 5.38 Å². The highest BCUT2D eigenvalue weighted by Crippen LogP contribution is 1.99. The van der Waals surface area contributed by atoms with E-state index in [9.17, 15) is 0 Å². The van der Waals surface area contributed by atoms with Gasteiger partial charge in [-0.2, -0.15) is 0 Å². The monoisotopic (exact) mass is 101 g/mol. The number of nitrogen functional groups attached to an aromatic ring is 1. The smallest absolute Gasteiger partial charge is 0.207 e. The molecule has 3 heteroatoms. The number of aromatic nitrogens is 1. The molecule has 0 saturated heterocycles. The lowest BCUT2D eigenvalue weighted by molar-refractivity contribution is 1.43. The maximum Gasteiger partial charge on any atom is 0.250 e. The molecule has 0 saturated carbocycles. The number of nitrogens with zero attached hydrogens (tertiary/aromatic N) is 1. The van der Waals surface area contributed by atoms with Crippen LogP contribution in [0.4, 0.5) is 0 Å². The van der Waals surface area contributed by atoms with Gasteiger partial charge in [-0.05, 0) is 0 Å². The summed E-state index contributed by atoms with van der Waals surface area (Å²) in [4.78, 5) is 3.75. The zero-order chi connectivity index (χ0) is 4.41. The number of hydrogen-bond acceptors (Lipinski definition) is 2. The highest BCUT2D eigenvalue weighted by molar-refractivity contribution is 7.27. The van der Waals surface area contributed by atoms with Crippen LogP contribution in [-0.4, -0.2) is 4.98 Å². The normalized spacial score (nSPS) is 11.8. The molecule has 1 aromatic heterocycles. The molecule has 1 aromatic rings. The van der Waals surface area contributed by atoms with Crippen molar-refractivity contribution < 1.29 is 0 Å². The topological polar surface area (TPSA) is 38.9 Å². The lowest BCUT2D eigenvalue weighted by atomic mass is 11.0. The Hall–Kier alpha value is -0.410. The van der Waals surface area contributed by atoms with Crippen molar-refractivity contribution in [2.75, 3.05) is 5.14 Å². The van der Waals surface area contributed by atoms with E-state index in [0.29, 0.717) is 0 Å². The molecule has 0 fully saturated rings. The van der Waals surface area contributed by atoms with Gasteiger partial charge in [-0.3, -0.25) is 0 Å². The quantitative estimate of drug-likeness (QED) is 0.484. The third-order valence-corrected chi connectivity index (χ3v) is 1.29. The minimum absolute atomic E-state index is 0.145. The van der Waals surface area contributed by atoms with Gasteiger partial charge >= 0.3 is 0 Å². The zero-order valence-electron chi connectivity index (χ0n) is 3.16. The third-order valence-electron chi connectivity index (χ3n) is 0.487. The third kappa shape index (κ3) is 0.555. The van der Waals surface area contributed by atoms with Crippen molar-refractivity contribution in [3.05, 3.63) is 17.1 Å². The summed E-state index contributed by atoms with van der Waals surface area (Å²) in [6.07, 6.45) is 1.71. The molecule has 0 aromatic carbocycles. The fourth-order valence-corrected chi connectivity index (χ4v) is 0.738. The minimum Gasteiger partial charge on any atom is -0.207 e. The molecule has 0 spiro atoms. The fourth-order valence-electron chi connectivity index (χ4n) is 0.246. The van der Waals surface area contributed by atoms with Crippen molar-refractivity contribution in [1.82, 2.24) is 4.98 Å². The van der Waals surface area contributed by atoms with Gasteiger partial charge in [0.15, 0.2) is 5.38 Å². The second-order valence-corrected chi connectivity index (χ2v) is 2.25. The van der Waals surface area contributed by atoms with Gasteiger partial charge in [0, 0.05) is 0 Å². The molecule has 0 radical (unpaired) electrons. The van der Waals surface area contributed by atoms with Crippen LogP contribution in [0.2, 0.25) is 0 Å². The lowest BCUT2D eigenvalue weighted by Gasteiger charge is -1.54. The summed E-state index contributed by atoms with van der Waals surface area (Å²) in [6.45, 7) is 0. The van der Waals surface area contributed by atoms with Crippen molar-refractivity contribution in [2.24, 2.45) is 0 Å². The molecule has 0 aliphatic heterocycles. The van der Waals surface area contributed by atoms with Crippen molar-refractivity contribution in [3.8, 4) is 0 Å². The average Bonchev–Trinajstić information content (AvgIpc) is 1.86. The van der Waals surface area contributed by atoms with Gasteiger partial charge in [0.1, 0.15) is 0 Å². The van der Waals surface area contributed by atoms with Crippen LogP contribution < -0.4 is 5.14 Å². The largest absolute Gasteiger partial charge is 0.250 e. The van der Waals surface area contributed by atoms with Crippen molar-refractivity contribution in [1.29, 1.82) is 0 Å². The molecule has 0 bridgehead atoms. The van der Waals surface area contributed by atoms with Crippen molar-refractivity contribution in [3.63, 3.8) is 0 Å². The van der Waals surface area contributed by atoms with E-state index in [4.69, 9.17) is 5.14 Å². The Bertz CT molecular complexity index is 112. The van der Waals surface area contributed by atoms with Crippen LogP contribution in [0.25, 0.3) is 0 Å². The summed E-state index contributed by atoms with van der Waals surface area (Å²) in [5, 5.41) is 7.19. The molecule has 1 heterocycles. The first-order valence-corrected chi connectivity index (χ1v) is 2.97. The van der Waals surface area contributed by atoms with Crippen LogP contribution in [0.3, 0.4) is 0 Å². The molecule has 6 heavy (non-hydrogen) atoms. The number of thiazole rings is 1. The van der Waals surface area contributed by atoms with Gasteiger partial charge in [0.05, 0.1) is 16.9 Å². The van der Waals surface area contributed by atoms with Crippen LogP contribution in [0.5, 0.6) is 0 Å². The van der Waals surface area contributed by atoms with Gasteiger partial charge in [-0.1, -0.05) is 0 Å². The van der Waals surface area contributed by atoms with E-state index in [1.54, 1.807) is 11.7 Å². The molecule has 0 amide bonds. The Morgan fingerprint density at radius 1 is 1.67 bits per heavy atom. The highest BCUT2D eigenvalue weighted by Gasteiger charge is 1.87. The van der Waals surface area contributed by atoms with Crippen LogP contribution >= 0.6 is 10.7 Å². The SMILES string of the molecule is N[s+]1ccnc1. The summed E-state index contributed by atoms with van der Waals surface area (Å²) in [5.41, 5.74) is 1.72. The van der Waals surface area contributed by atoms with E-state index in [2.05, 4.69) is 4.98 Å². The van der Waals surface area contributed by atoms with E-state index < -0.39 is 0 Å². The molecule has 0 aliphatic carbocycles. The first-order valence-electron chi connectivity index (χ1n) is 1.56. The molecular weight excluding hydrogens is 96.1 g/mol.